The first-order chi connectivity index (χ1) is 15.3. The van der Waals surface area contributed by atoms with Gasteiger partial charge in [-0.15, -0.1) is 0 Å². The standard InChI is InChI=1S/C19H14BrF3N4O4S2/c1-3-32(28,29)16-13-5-4-11(20)6-10(13)8-24-15(16)18-26-14-7-12(9-25-17(14)27(18)2)33(30,31)19(21,22)23/h4-9H,3H2,1-2H3. The van der Waals surface area contributed by atoms with Crippen LogP contribution in [-0.4, -0.2) is 47.6 Å². The molecule has 0 aliphatic rings. The lowest BCUT2D eigenvalue weighted by Gasteiger charge is -2.12. The van der Waals surface area contributed by atoms with E-state index in [-0.39, 0.29) is 33.3 Å². The van der Waals surface area contributed by atoms with Crippen molar-refractivity contribution in [2.45, 2.75) is 22.2 Å². The molecule has 14 heteroatoms. The van der Waals surface area contributed by atoms with Crippen molar-refractivity contribution in [1.29, 1.82) is 0 Å². The molecule has 0 aliphatic carbocycles. The quantitative estimate of drug-likeness (QED) is 0.369. The van der Waals surface area contributed by atoms with Gasteiger partial charge in [0.15, 0.2) is 21.3 Å². The Morgan fingerprint density at radius 3 is 2.39 bits per heavy atom. The van der Waals surface area contributed by atoms with Gasteiger partial charge < -0.3 is 4.57 Å². The lowest BCUT2D eigenvalue weighted by molar-refractivity contribution is -0.0436. The fourth-order valence-corrected chi connectivity index (χ4v) is 5.69. The molecular weight excluding hydrogens is 549 g/mol. The van der Waals surface area contributed by atoms with Crippen LogP contribution in [0.1, 0.15) is 6.92 Å². The zero-order valence-electron chi connectivity index (χ0n) is 16.9. The monoisotopic (exact) mass is 562 g/mol. The van der Waals surface area contributed by atoms with E-state index in [9.17, 15) is 30.0 Å². The summed E-state index contributed by atoms with van der Waals surface area (Å²) in [5.41, 5.74) is -5.62. The maximum Gasteiger partial charge on any atom is 0.501 e. The third-order valence-corrected chi connectivity index (χ3v) is 8.75. The summed E-state index contributed by atoms with van der Waals surface area (Å²) >= 11 is 3.33. The van der Waals surface area contributed by atoms with Crippen molar-refractivity contribution in [3.8, 4) is 11.5 Å². The summed E-state index contributed by atoms with van der Waals surface area (Å²) in [4.78, 5) is 11.2. The molecule has 33 heavy (non-hydrogen) atoms. The van der Waals surface area contributed by atoms with Crippen molar-refractivity contribution in [3.63, 3.8) is 0 Å². The van der Waals surface area contributed by atoms with Crippen molar-refractivity contribution < 1.29 is 30.0 Å². The predicted octanol–water partition coefficient (Wildman–Crippen LogP) is 4.03. The second-order valence-corrected chi connectivity index (χ2v) is 12.1. The van der Waals surface area contributed by atoms with Crippen molar-refractivity contribution in [3.05, 3.63) is 41.1 Å². The first-order valence-corrected chi connectivity index (χ1v) is 13.2. The Kier molecular flexibility index (Phi) is 5.53. The number of hydrogen-bond donors (Lipinski definition) is 0. The minimum absolute atomic E-state index is 0.0101. The second-order valence-electron chi connectivity index (χ2n) is 7.03. The van der Waals surface area contributed by atoms with Crippen molar-refractivity contribution in [2.75, 3.05) is 5.75 Å². The fourth-order valence-electron chi connectivity index (χ4n) is 3.34. The molecule has 1 aromatic carbocycles. The van der Waals surface area contributed by atoms with Crippen LogP contribution in [-0.2, 0) is 26.7 Å². The van der Waals surface area contributed by atoms with Crippen molar-refractivity contribution >= 4 is 57.5 Å². The average molecular weight is 563 g/mol. The van der Waals surface area contributed by atoms with Crippen molar-refractivity contribution in [1.82, 2.24) is 19.5 Å². The number of aromatic nitrogens is 4. The van der Waals surface area contributed by atoms with Crippen LogP contribution in [0.3, 0.4) is 0 Å². The van der Waals surface area contributed by atoms with Crippen LogP contribution in [0.2, 0.25) is 0 Å². The number of sulfone groups is 2. The lowest BCUT2D eigenvalue weighted by atomic mass is 10.1. The number of aryl methyl sites for hydroxylation is 1. The Hall–Kier alpha value is -2.58. The number of rotatable bonds is 4. The number of alkyl halides is 3. The molecule has 174 valence electrons. The highest BCUT2D eigenvalue weighted by Gasteiger charge is 2.47. The molecule has 0 saturated carbocycles. The number of halogens is 4. The van der Waals surface area contributed by atoms with Gasteiger partial charge in [0.2, 0.25) is 0 Å². The zero-order valence-corrected chi connectivity index (χ0v) is 20.1. The van der Waals surface area contributed by atoms with Gasteiger partial charge in [-0.1, -0.05) is 28.9 Å². The number of nitrogens with zero attached hydrogens (tertiary/aromatic N) is 4. The molecule has 0 unspecified atom stereocenters. The van der Waals surface area contributed by atoms with E-state index in [2.05, 4.69) is 30.9 Å². The molecule has 4 aromatic rings. The highest BCUT2D eigenvalue weighted by atomic mass is 79.9. The Bertz CT molecular complexity index is 1650. The Balaban J connectivity index is 2.03. The van der Waals surface area contributed by atoms with Crippen molar-refractivity contribution in [2.24, 2.45) is 7.05 Å². The molecule has 3 heterocycles. The first-order valence-electron chi connectivity index (χ1n) is 9.23. The summed E-state index contributed by atoms with van der Waals surface area (Å²) < 4.78 is 90.4. The molecule has 3 aromatic heterocycles. The van der Waals surface area contributed by atoms with Crippen LogP contribution in [0.5, 0.6) is 0 Å². The van der Waals surface area contributed by atoms with Gasteiger partial charge in [0, 0.05) is 34.7 Å². The van der Waals surface area contributed by atoms with Crippen LogP contribution >= 0.6 is 15.9 Å². The van der Waals surface area contributed by atoms with Crippen LogP contribution in [0.15, 0.2) is 50.9 Å². The van der Waals surface area contributed by atoms with Gasteiger partial charge in [-0.25, -0.2) is 26.8 Å². The second kappa shape index (κ2) is 7.74. The molecule has 0 spiro atoms. The van der Waals surface area contributed by atoms with Gasteiger partial charge in [-0.05, 0) is 18.2 Å². The molecule has 0 bridgehead atoms. The first kappa shape index (κ1) is 23.6. The molecule has 0 amide bonds. The summed E-state index contributed by atoms with van der Waals surface area (Å²) in [6, 6.07) is 5.74. The van der Waals surface area contributed by atoms with E-state index >= 15 is 0 Å². The molecule has 4 rings (SSSR count). The molecule has 0 N–H and O–H groups in total. The number of fused-ring (bicyclic) bond motifs is 2. The molecule has 0 atom stereocenters. The minimum Gasteiger partial charge on any atom is -0.310 e. The SMILES string of the molecule is CCS(=O)(=O)c1c(-c2nc3cc(S(=O)(=O)C(F)(F)F)cnc3n2C)ncc2cc(Br)ccc12. The molecule has 0 fully saturated rings. The van der Waals surface area contributed by atoms with E-state index in [0.717, 1.165) is 10.5 Å². The molecule has 0 saturated heterocycles. The fraction of sp³-hybridized carbons (Fsp3) is 0.211. The number of imidazole rings is 1. The van der Waals surface area contributed by atoms with Crippen LogP contribution in [0.4, 0.5) is 13.2 Å². The van der Waals surface area contributed by atoms with E-state index in [4.69, 9.17) is 0 Å². The maximum atomic E-state index is 13.0. The number of hydrogen-bond acceptors (Lipinski definition) is 7. The highest BCUT2D eigenvalue weighted by molar-refractivity contribution is 9.10. The Labute approximate surface area is 194 Å². The third-order valence-electron chi connectivity index (χ3n) is 5.01. The molecule has 0 aliphatic heterocycles. The predicted molar refractivity (Wildman–Crippen MR) is 118 cm³/mol. The minimum atomic E-state index is -5.63. The van der Waals surface area contributed by atoms with Gasteiger partial charge in [0.25, 0.3) is 9.84 Å². The van der Waals surface area contributed by atoms with Gasteiger partial charge in [-0.2, -0.15) is 13.2 Å². The van der Waals surface area contributed by atoms with E-state index in [1.54, 1.807) is 18.2 Å². The summed E-state index contributed by atoms with van der Waals surface area (Å²) in [6.07, 6.45) is 2.04. The van der Waals surface area contributed by atoms with Gasteiger partial charge >= 0.3 is 5.51 Å². The number of pyridine rings is 2. The average Bonchev–Trinajstić information content (AvgIpc) is 3.07. The van der Waals surface area contributed by atoms with E-state index < -0.39 is 30.1 Å². The maximum absolute atomic E-state index is 13.0. The van der Waals surface area contributed by atoms with Crippen LogP contribution < -0.4 is 0 Å². The van der Waals surface area contributed by atoms with E-state index in [0.29, 0.717) is 17.0 Å². The summed E-state index contributed by atoms with van der Waals surface area (Å²) in [6.45, 7) is 1.47. The highest BCUT2D eigenvalue weighted by Crippen LogP contribution is 2.35. The van der Waals surface area contributed by atoms with Gasteiger partial charge in [0.05, 0.1) is 10.6 Å². The smallest absolute Gasteiger partial charge is 0.310 e. The number of benzene rings is 1. The van der Waals surface area contributed by atoms with Crippen LogP contribution in [0.25, 0.3) is 33.5 Å². The third kappa shape index (κ3) is 3.79. The Morgan fingerprint density at radius 1 is 1.06 bits per heavy atom. The molecule has 0 radical (unpaired) electrons. The van der Waals surface area contributed by atoms with Gasteiger partial charge in [0.1, 0.15) is 16.1 Å². The van der Waals surface area contributed by atoms with E-state index in [1.807, 2.05) is 0 Å². The molecular formula is C19H14BrF3N4O4S2. The topological polar surface area (TPSA) is 112 Å². The lowest BCUT2D eigenvalue weighted by Crippen LogP contribution is -2.23. The zero-order chi connectivity index (χ0) is 24.3. The largest absolute Gasteiger partial charge is 0.501 e. The normalized spacial score (nSPS) is 13.2. The summed E-state index contributed by atoms with van der Waals surface area (Å²) in [5.74, 6) is -0.219. The van der Waals surface area contributed by atoms with Gasteiger partial charge in [-0.3, -0.25) is 4.98 Å². The van der Waals surface area contributed by atoms with E-state index in [1.165, 1.54) is 24.7 Å². The summed E-state index contributed by atoms with van der Waals surface area (Å²) in [5, 5.41) is 0.945. The Morgan fingerprint density at radius 2 is 1.76 bits per heavy atom. The van der Waals surface area contributed by atoms with Crippen LogP contribution in [0, 0.1) is 0 Å². The summed E-state index contributed by atoms with van der Waals surface area (Å²) in [7, 11) is -7.97. The molecule has 8 nitrogen and oxygen atoms in total.